The summed E-state index contributed by atoms with van der Waals surface area (Å²) in [5.41, 5.74) is 5.64. The molecule has 1 atom stereocenters. The number of aliphatic carboxylic acids is 1. The van der Waals surface area contributed by atoms with E-state index in [2.05, 4.69) is 10.4 Å². The molecule has 4 N–H and O–H groups in total. The van der Waals surface area contributed by atoms with Crippen molar-refractivity contribution in [3.8, 4) is 0 Å². The lowest BCUT2D eigenvalue weighted by Crippen LogP contribution is -2.49. The molecule has 0 radical (unpaired) electrons. The second kappa shape index (κ2) is 6.26. The third kappa shape index (κ3) is 3.24. The first kappa shape index (κ1) is 15.5. The van der Waals surface area contributed by atoms with E-state index in [9.17, 15) is 14.7 Å². The van der Waals surface area contributed by atoms with E-state index in [1.54, 1.807) is 13.2 Å². The van der Waals surface area contributed by atoms with Crippen molar-refractivity contribution in [2.75, 3.05) is 6.54 Å². The minimum atomic E-state index is -1.10. The average Bonchev–Trinajstić information content (AvgIpc) is 2.91. The largest absolute Gasteiger partial charge is 0.479 e. The molecule has 0 bridgehead atoms. The van der Waals surface area contributed by atoms with Gasteiger partial charge >= 0.3 is 5.97 Å². The fourth-order valence-electron chi connectivity index (χ4n) is 2.91. The molecule has 1 aliphatic rings. The van der Waals surface area contributed by atoms with E-state index in [1.807, 2.05) is 0 Å². The van der Waals surface area contributed by atoms with Gasteiger partial charge in [0.05, 0.1) is 11.6 Å². The molecule has 1 saturated carbocycles. The van der Waals surface area contributed by atoms with E-state index in [-0.39, 0.29) is 12.5 Å². The Bertz CT molecular complexity index is 520. The minimum absolute atomic E-state index is 0.248. The van der Waals surface area contributed by atoms with E-state index < -0.39 is 17.4 Å². The number of nitrogens with one attached hydrogen (secondary N) is 1. The first-order valence-corrected chi connectivity index (χ1v) is 7.21. The van der Waals surface area contributed by atoms with Crippen molar-refractivity contribution < 1.29 is 14.7 Å². The van der Waals surface area contributed by atoms with Crippen LogP contribution in [0.3, 0.4) is 0 Å². The van der Waals surface area contributed by atoms with Crippen molar-refractivity contribution in [3.63, 3.8) is 0 Å². The molecule has 21 heavy (non-hydrogen) atoms. The van der Waals surface area contributed by atoms with Gasteiger partial charge in [-0.1, -0.05) is 19.3 Å². The fraction of sp³-hybridized carbons (Fsp3) is 0.643. The fourth-order valence-corrected chi connectivity index (χ4v) is 2.91. The number of hydrogen-bond acceptors (Lipinski definition) is 4. The Kier molecular flexibility index (Phi) is 4.62. The lowest BCUT2D eigenvalue weighted by molar-refractivity contribution is -0.144. The number of nitrogens with zero attached hydrogens (tertiary/aromatic N) is 2. The normalized spacial score (nSPS) is 19.0. The van der Waals surface area contributed by atoms with Crippen LogP contribution in [0.15, 0.2) is 12.4 Å². The SMILES string of the molecule is Cn1cc(C(NC(=O)C2(CN)CCCCC2)C(=O)O)cn1. The monoisotopic (exact) mass is 294 g/mol. The smallest absolute Gasteiger partial charge is 0.331 e. The minimum Gasteiger partial charge on any atom is -0.479 e. The Morgan fingerprint density at radius 1 is 1.48 bits per heavy atom. The predicted molar refractivity (Wildman–Crippen MR) is 76.3 cm³/mol. The predicted octanol–water partition coefficient (Wildman–Crippen LogP) is 0.571. The summed E-state index contributed by atoms with van der Waals surface area (Å²) in [6, 6.07) is -1.09. The number of carboxylic acid groups (broad SMARTS) is 1. The van der Waals surface area contributed by atoms with Gasteiger partial charge in [0.2, 0.25) is 5.91 Å². The number of hydrogen-bond donors (Lipinski definition) is 3. The van der Waals surface area contributed by atoms with E-state index >= 15 is 0 Å². The number of amides is 1. The van der Waals surface area contributed by atoms with Crippen LogP contribution in [0.4, 0.5) is 0 Å². The number of carbonyl (C=O) groups is 2. The van der Waals surface area contributed by atoms with Crippen molar-refractivity contribution in [3.05, 3.63) is 18.0 Å². The van der Waals surface area contributed by atoms with Crippen molar-refractivity contribution in [1.82, 2.24) is 15.1 Å². The van der Waals surface area contributed by atoms with E-state index in [0.29, 0.717) is 18.4 Å². The lowest BCUT2D eigenvalue weighted by atomic mass is 9.73. The molecule has 0 aliphatic heterocycles. The van der Waals surface area contributed by atoms with Crippen molar-refractivity contribution in [1.29, 1.82) is 0 Å². The lowest BCUT2D eigenvalue weighted by Gasteiger charge is -2.35. The molecule has 1 amide bonds. The number of aryl methyl sites for hydroxylation is 1. The Balaban J connectivity index is 2.16. The van der Waals surface area contributed by atoms with Crippen molar-refractivity contribution >= 4 is 11.9 Å². The molecule has 1 aromatic heterocycles. The van der Waals surface area contributed by atoms with Crippen molar-refractivity contribution in [2.45, 2.75) is 38.1 Å². The maximum absolute atomic E-state index is 12.6. The molecule has 0 aromatic carbocycles. The third-order valence-electron chi connectivity index (χ3n) is 4.26. The standard InChI is InChI=1S/C14H22N4O3/c1-18-8-10(7-16-18)11(12(19)20)17-13(21)14(9-15)5-3-2-4-6-14/h7-8,11H,2-6,9,15H2,1H3,(H,17,21)(H,19,20). The van der Waals surface area contributed by atoms with E-state index in [4.69, 9.17) is 5.73 Å². The van der Waals surface area contributed by atoms with Crippen LogP contribution in [0, 0.1) is 5.41 Å². The summed E-state index contributed by atoms with van der Waals surface area (Å²) in [6.45, 7) is 0.248. The molecule has 0 saturated heterocycles. The highest BCUT2D eigenvalue weighted by molar-refractivity contribution is 5.88. The first-order chi connectivity index (χ1) is 9.98. The third-order valence-corrected chi connectivity index (χ3v) is 4.26. The molecule has 1 heterocycles. The number of carboxylic acids is 1. The number of nitrogens with two attached hydrogens (primary N) is 1. The highest BCUT2D eigenvalue weighted by Crippen LogP contribution is 2.36. The summed E-state index contributed by atoms with van der Waals surface area (Å²) in [7, 11) is 1.70. The Labute approximate surface area is 123 Å². The van der Waals surface area contributed by atoms with Gasteiger partial charge < -0.3 is 16.2 Å². The van der Waals surface area contributed by atoms with Crippen LogP contribution in [-0.4, -0.2) is 33.3 Å². The van der Waals surface area contributed by atoms with Gasteiger partial charge in [-0.15, -0.1) is 0 Å². The van der Waals surface area contributed by atoms with Crippen molar-refractivity contribution in [2.24, 2.45) is 18.2 Å². The summed E-state index contributed by atoms with van der Waals surface area (Å²) >= 11 is 0. The van der Waals surface area contributed by atoms with Crippen LogP contribution in [0.25, 0.3) is 0 Å². The molecule has 1 aliphatic carbocycles. The molecule has 1 fully saturated rings. The van der Waals surface area contributed by atoms with Gasteiger partial charge in [-0.2, -0.15) is 5.10 Å². The summed E-state index contributed by atoms with van der Waals surface area (Å²) in [5, 5.41) is 15.9. The summed E-state index contributed by atoms with van der Waals surface area (Å²) in [6.07, 6.45) is 7.48. The van der Waals surface area contributed by atoms with Crippen LogP contribution in [0.2, 0.25) is 0 Å². The van der Waals surface area contributed by atoms with Gasteiger partial charge in [0.25, 0.3) is 0 Å². The van der Waals surface area contributed by atoms with Gasteiger partial charge in [-0.3, -0.25) is 9.48 Å². The maximum atomic E-state index is 12.6. The number of aromatic nitrogens is 2. The molecule has 2 rings (SSSR count). The molecule has 7 nitrogen and oxygen atoms in total. The Morgan fingerprint density at radius 2 is 2.14 bits per heavy atom. The molecular formula is C14H22N4O3. The van der Waals surface area contributed by atoms with Crippen LogP contribution < -0.4 is 11.1 Å². The van der Waals surface area contributed by atoms with E-state index in [1.165, 1.54) is 10.9 Å². The first-order valence-electron chi connectivity index (χ1n) is 7.21. The van der Waals surface area contributed by atoms with Gasteiger partial charge in [0.15, 0.2) is 6.04 Å². The van der Waals surface area contributed by atoms with Gasteiger partial charge in [0.1, 0.15) is 0 Å². The van der Waals surface area contributed by atoms with Gasteiger partial charge in [-0.25, -0.2) is 4.79 Å². The molecule has 1 unspecified atom stereocenters. The summed E-state index contributed by atoms with van der Waals surface area (Å²) in [5.74, 6) is -1.36. The van der Waals surface area contributed by atoms with Gasteiger partial charge in [-0.05, 0) is 12.8 Å². The average molecular weight is 294 g/mol. The maximum Gasteiger partial charge on any atom is 0.331 e. The Morgan fingerprint density at radius 3 is 2.62 bits per heavy atom. The van der Waals surface area contributed by atoms with E-state index in [0.717, 1.165) is 19.3 Å². The second-order valence-electron chi connectivity index (χ2n) is 5.74. The molecule has 1 aromatic rings. The molecule has 0 spiro atoms. The second-order valence-corrected chi connectivity index (χ2v) is 5.74. The highest BCUT2D eigenvalue weighted by Gasteiger charge is 2.40. The molecular weight excluding hydrogens is 272 g/mol. The summed E-state index contributed by atoms with van der Waals surface area (Å²) in [4.78, 5) is 24.0. The van der Waals surface area contributed by atoms with Crippen LogP contribution >= 0.6 is 0 Å². The van der Waals surface area contributed by atoms with Crippen LogP contribution in [0.5, 0.6) is 0 Å². The van der Waals surface area contributed by atoms with Crippen LogP contribution in [-0.2, 0) is 16.6 Å². The quantitative estimate of drug-likeness (QED) is 0.735. The topological polar surface area (TPSA) is 110 Å². The summed E-state index contributed by atoms with van der Waals surface area (Å²) < 4.78 is 1.51. The number of rotatable bonds is 5. The van der Waals surface area contributed by atoms with Gasteiger partial charge in [0, 0.05) is 25.4 Å². The molecule has 116 valence electrons. The van der Waals surface area contributed by atoms with Crippen LogP contribution in [0.1, 0.15) is 43.7 Å². The zero-order chi connectivity index (χ0) is 15.5. The zero-order valence-electron chi connectivity index (χ0n) is 12.2. The Hall–Kier alpha value is -1.89. The zero-order valence-corrected chi connectivity index (χ0v) is 12.2. The highest BCUT2D eigenvalue weighted by atomic mass is 16.4. The number of carbonyl (C=O) groups excluding carboxylic acids is 1. The molecule has 7 heteroatoms.